The van der Waals surface area contributed by atoms with Gasteiger partial charge in [-0.25, -0.2) is 12.6 Å². The molecule has 0 spiro atoms. The monoisotopic (exact) mass is 154 g/mol. The van der Waals surface area contributed by atoms with Crippen LogP contribution in [0.2, 0.25) is 0 Å². The van der Waals surface area contributed by atoms with Gasteiger partial charge in [0.1, 0.15) is 5.72 Å². The number of hydrogen-bond donors (Lipinski definition) is 3. The predicted octanol–water partition coefficient (Wildman–Crippen LogP) is -1.84. The molecule has 0 amide bonds. The van der Waals surface area contributed by atoms with Crippen LogP contribution in [-0.2, 0) is 15.2 Å². The first-order chi connectivity index (χ1) is 3.98. The van der Waals surface area contributed by atoms with Crippen LogP contribution in [-0.4, -0.2) is 20.7 Å². The van der Waals surface area contributed by atoms with Crippen molar-refractivity contribution in [2.24, 2.45) is 11.5 Å². The van der Waals surface area contributed by atoms with Crippen molar-refractivity contribution in [3.8, 4) is 0 Å². The summed E-state index contributed by atoms with van der Waals surface area (Å²) in [6.45, 7) is 1.36. The predicted molar refractivity (Wildman–Crippen MR) is 33.0 cm³/mol. The summed E-state index contributed by atoms with van der Waals surface area (Å²) in [6, 6.07) is 0. The smallest absolute Gasteiger partial charge is 0.258 e. The summed E-state index contributed by atoms with van der Waals surface area (Å²) in [5.74, 6) is 0. The zero-order valence-corrected chi connectivity index (χ0v) is 5.93. The molecule has 0 aliphatic carbocycles. The SMILES string of the molecule is CC(N)(CN)O[SH](=O)=O. The van der Waals surface area contributed by atoms with Gasteiger partial charge in [0.25, 0.3) is 11.0 Å². The third kappa shape index (κ3) is 4.34. The van der Waals surface area contributed by atoms with Gasteiger partial charge in [0.05, 0.1) is 0 Å². The average Bonchev–Trinajstić information content (AvgIpc) is 1.63. The molecule has 1 unspecified atom stereocenters. The van der Waals surface area contributed by atoms with E-state index < -0.39 is 16.7 Å². The fourth-order valence-electron chi connectivity index (χ4n) is 0.208. The molecule has 4 N–H and O–H groups in total. The van der Waals surface area contributed by atoms with Gasteiger partial charge in [0.2, 0.25) is 0 Å². The zero-order valence-electron chi connectivity index (χ0n) is 5.03. The van der Waals surface area contributed by atoms with E-state index in [2.05, 4.69) is 4.18 Å². The Bertz CT molecular complexity index is 145. The minimum absolute atomic E-state index is 0.0314. The molecule has 56 valence electrons. The van der Waals surface area contributed by atoms with E-state index in [9.17, 15) is 8.42 Å². The quantitative estimate of drug-likeness (QED) is 0.328. The first-order valence-corrected chi connectivity index (χ1v) is 3.40. The lowest BCUT2D eigenvalue weighted by Gasteiger charge is -2.17. The molecule has 0 aromatic carbocycles. The highest BCUT2D eigenvalue weighted by molar-refractivity contribution is 7.67. The Morgan fingerprint density at radius 2 is 2.11 bits per heavy atom. The summed E-state index contributed by atoms with van der Waals surface area (Å²) in [5.41, 5.74) is 8.97. The Kier molecular flexibility index (Phi) is 3.06. The highest BCUT2D eigenvalue weighted by Crippen LogP contribution is 1.96. The van der Waals surface area contributed by atoms with Crippen LogP contribution >= 0.6 is 0 Å². The van der Waals surface area contributed by atoms with Gasteiger partial charge in [0, 0.05) is 6.54 Å². The third-order valence-electron chi connectivity index (χ3n) is 0.688. The number of thiol groups is 1. The molecule has 5 nitrogen and oxygen atoms in total. The van der Waals surface area contributed by atoms with Crippen molar-refractivity contribution in [3.63, 3.8) is 0 Å². The molecule has 0 radical (unpaired) electrons. The number of hydrogen-bond acceptors (Lipinski definition) is 5. The summed E-state index contributed by atoms with van der Waals surface area (Å²) in [4.78, 5) is 0. The molecule has 9 heavy (non-hydrogen) atoms. The van der Waals surface area contributed by atoms with Gasteiger partial charge in [-0.1, -0.05) is 0 Å². The van der Waals surface area contributed by atoms with Gasteiger partial charge < -0.3 is 11.5 Å². The minimum Gasteiger partial charge on any atom is -0.327 e. The van der Waals surface area contributed by atoms with Crippen molar-refractivity contribution in [1.29, 1.82) is 0 Å². The fourth-order valence-corrected chi connectivity index (χ4v) is 0.623. The molecule has 0 heterocycles. The topological polar surface area (TPSA) is 95.4 Å². The third-order valence-corrected chi connectivity index (χ3v) is 1.25. The van der Waals surface area contributed by atoms with E-state index in [1.54, 1.807) is 0 Å². The van der Waals surface area contributed by atoms with Crippen molar-refractivity contribution >= 4 is 11.0 Å². The van der Waals surface area contributed by atoms with E-state index in [0.717, 1.165) is 0 Å². The normalized spacial score (nSPS) is 17.8. The minimum atomic E-state index is -2.90. The van der Waals surface area contributed by atoms with Crippen LogP contribution in [0.4, 0.5) is 0 Å². The van der Waals surface area contributed by atoms with Crippen molar-refractivity contribution in [3.05, 3.63) is 0 Å². The van der Waals surface area contributed by atoms with Crippen molar-refractivity contribution in [1.82, 2.24) is 0 Å². The second-order valence-electron chi connectivity index (χ2n) is 1.83. The largest absolute Gasteiger partial charge is 0.327 e. The van der Waals surface area contributed by atoms with E-state index in [4.69, 9.17) is 11.5 Å². The Morgan fingerprint density at radius 1 is 1.67 bits per heavy atom. The van der Waals surface area contributed by atoms with Crippen LogP contribution < -0.4 is 11.5 Å². The van der Waals surface area contributed by atoms with Gasteiger partial charge in [-0.3, -0.25) is 0 Å². The molecule has 1 atom stereocenters. The van der Waals surface area contributed by atoms with Crippen molar-refractivity contribution in [2.75, 3.05) is 6.54 Å². The standard InChI is InChI=1S/C3H10N2O3S/c1-3(5,2-4)8-9(6)7/h9H,2,4-5H2,1H3. The highest BCUT2D eigenvalue weighted by Gasteiger charge is 2.17. The maximum Gasteiger partial charge on any atom is 0.258 e. The first kappa shape index (κ1) is 8.83. The van der Waals surface area contributed by atoms with Gasteiger partial charge in [-0.15, -0.1) is 0 Å². The average molecular weight is 154 g/mol. The molecule has 0 aromatic heterocycles. The van der Waals surface area contributed by atoms with Crippen LogP contribution in [0.15, 0.2) is 0 Å². The maximum atomic E-state index is 9.85. The molecule has 0 fully saturated rings. The molecule has 0 saturated heterocycles. The lowest BCUT2D eigenvalue weighted by atomic mass is 10.3. The summed E-state index contributed by atoms with van der Waals surface area (Å²) in [7, 11) is -2.90. The molecule has 6 heteroatoms. The Morgan fingerprint density at radius 3 is 2.22 bits per heavy atom. The Balaban J connectivity index is 3.86. The Labute approximate surface area is 55.1 Å². The van der Waals surface area contributed by atoms with Crippen LogP contribution in [0.3, 0.4) is 0 Å². The molecule has 0 aliphatic rings. The Hall–Kier alpha value is -0.170. The zero-order chi connectivity index (χ0) is 7.49. The summed E-state index contributed by atoms with van der Waals surface area (Å²) in [5, 5.41) is 0. The molecule has 0 bridgehead atoms. The maximum absolute atomic E-state index is 9.85. The highest BCUT2D eigenvalue weighted by atomic mass is 32.2. The number of nitrogens with two attached hydrogens (primary N) is 2. The van der Waals surface area contributed by atoms with Crippen LogP contribution in [0.5, 0.6) is 0 Å². The lowest BCUT2D eigenvalue weighted by Crippen LogP contribution is -2.46. The van der Waals surface area contributed by atoms with E-state index in [1.165, 1.54) is 6.92 Å². The van der Waals surface area contributed by atoms with Crippen molar-refractivity contribution < 1.29 is 12.6 Å². The number of rotatable bonds is 3. The fraction of sp³-hybridized carbons (Fsp3) is 1.00. The molecule has 0 saturated carbocycles. The second-order valence-corrected chi connectivity index (χ2v) is 2.46. The summed E-state index contributed by atoms with van der Waals surface area (Å²) < 4.78 is 23.9. The van der Waals surface area contributed by atoms with Gasteiger partial charge in [0.15, 0.2) is 0 Å². The van der Waals surface area contributed by atoms with Crippen molar-refractivity contribution in [2.45, 2.75) is 12.6 Å². The molecule has 0 aromatic rings. The first-order valence-electron chi connectivity index (χ1n) is 2.30. The summed E-state index contributed by atoms with van der Waals surface area (Å²) >= 11 is 0. The van der Waals surface area contributed by atoms with E-state index in [-0.39, 0.29) is 6.54 Å². The van der Waals surface area contributed by atoms with Gasteiger partial charge in [-0.2, -0.15) is 0 Å². The molecular formula is C3H10N2O3S. The van der Waals surface area contributed by atoms with Gasteiger partial charge >= 0.3 is 0 Å². The van der Waals surface area contributed by atoms with E-state index in [1.807, 2.05) is 0 Å². The van der Waals surface area contributed by atoms with E-state index >= 15 is 0 Å². The van der Waals surface area contributed by atoms with Crippen LogP contribution in [0.1, 0.15) is 6.92 Å². The van der Waals surface area contributed by atoms with Crippen LogP contribution in [0, 0.1) is 0 Å². The van der Waals surface area contributed by atoms with E-state index in [0.29, 0.717) is 0 Å². The molecular weight excluding hydrogens is 144 g/mol. The molecule has 0 aliphatic heterocycles. The lowest BCUT2D eigenvalue weighted by molar-refractivity contribution is 0.121. The second kappa shape index (κ2) is 3.11. The summed E-state index contributed by atoms with van der Waals surface area (Å²) in [6.07, 6.45) is 0. The van der Waals surface area contributed by atoms with Crippen LogP contribution in [0.25, 0.3) is 0 Å². The van der Waals surface area contributed by atoms with Gasteiger partial charge in [-0.05, 0) is 6.92 Å². The molecule has 0 rings (SSSR count).